The molecule has 1 saturated heterocycles. The monoisotopic (exact) mass is 348 g/mol. The molecular formula is C18H21ClN2O3. The largest absolute Gasteiger partial charge is 0.326 e. The molecule has 3 rings (SSSR count). The molecule has 3 amide bonds. The first kappa shape index (κ1) is 17.0. The number of carbonyl (C=O) groups is 3. The van der Waals surface area contributed by atoms with Gasteiger partial charge in [-0.2, -0.15) is 0 Å². The van der Waals surface area contributed by atoms with E-state index in [1.54, 1.807) is 18.2 Å². The van der Waals surface area contributed by atoms with Crippen LogP contribution in [-0.2, 0) is 14.4 Å². The predicted molar refractivity (Wildman–Crippen MR) is 91.6 cm³/mol. The number of anilines is 1. The van der Waals surface area contributed by atoms with E-state index in [9.17, 15) is 14.4 Å². The minimum atomic E-state index is -0.226. The van der Waals surface area contributed by atoms with Gasteiger partial charge in [0.1, 0.15) is 0 Å². The third-order valence-corrected chi connectivity index (χ3v) is 5.45. The minimum absolute atomic E-state index is 0.100. The van der Waals surface area contributed by atoms with Crippen molar-refractivity contribution in [3.8, 4) is 0 Å². The molecule has 1 N–H and O–H groups in total. The van der Waals surface area contributed by atoms with E-state index in [-0.39, 0.29) is 42.5 Å². The summed E-state index contributed by atoms with van der Waals surface area (Å²) >= 11 is 6.04. The SMILES string of the molecule is Cc1c(Cl)cccc1NC(=O)CCN1C(=O)[C@H]2CCCC[C@@H]2C1=O. The fraction of sp³-hybridized carbons (Fsp3) is 0.500. The van der Waals surface area contributed by atoms with Gasteiger partial charge in [-0.05, 0) is 37.5 Å². The van der Waals surface area contributed by atoms with Crippen molar-refractivity contribution in [1.82, 2.24) is 4.90 Å². The number of rotatable bonds is 4. The summed E-state index contributed by atoms with van der Waals surface area (Å²) in [7, 11) is 0. The van der Waals surface area contributed by atoms with Crippen LogP contribution < -0.4 is 5.32 Å². The molecule has 6 heteroatoms. The van der Waals surface area contributed by atoms with Gasteiger partial charge in [0.25, 0.3) is 0 Å². The van der Waals surface area contributed by atoms with Gasteiger partial charge in [0.15, 0.2) is 0 Å². The second-order valence-corrected chi connectivity index (χ2v) is 6.94. The molecule has 128 valence electrons. The maximum atomic E-state index is 12.4. The van der Waals surface area contributed by atoms with Gasteiger partial charge in [-0.15, -0.1) is 0 Å². The molecule has 1 heterocycles. The molecule has 1 aromatic carbocycles. The molecule has 1 aliphatic carbocycles. The lowest BCUT2D eigenvalue weighted by Gasteiger charge is -2.19. The Morgan fingerprint density at radius 3 is 2.46 bits per heavy atom. The normalized spacial score (nSPS) is 23.3. The summed E-state index contributed by atoms with van der Waals surface area (Å²) in [6, 6.07) is 5.30. The molecule has 0 aromatic heterocycles. The summed E-state index contributed by atoms with van der Waals surface area (Å²) in [5, 5.41) is 3.38. The second kappa shape index (κ2) is 6.93. The molecule has 2 aliphatic rings. The Hall–Kier alpha value is -1.88. The number of nitrogens with zero attached hydrogens (tertiary/aromatic N) is 1. The summed E-state index contributed by atoms with van der Waals surface area (Å²) in [5.41, 5.74) is 1.45. The summed E-state index contributed by atoms with van der Waals surface area (Å²) in [5.74, 6) is -0.752. The van der Waals surface area contributed by atoms with Crippen LogP contribution in [0.4, 0.5) is 5.69 Å². The third-order valence-electron chi connectivity index (χ3n) is 5.04. The highest BCUT2D eigenvalue weighted by atomic mass is 35.5. The lowest BCUT2D eigenvalue weighted by molar-refractivity contribution is -0.140. The van der Waals surface area contributed by atoms with Gasteiger partial charge in [-0.1, -0.05) is 30.5 Å². The van der Waals surface area contributed by atoms with Crippen molar-refractivity contribution in [2.45, 2.75) is 39.0 Å². The molecular weight excluding hydrogens is 328 g/mol. The van der Waals surface area contributed by atoms with Crippen LogP contribution in [0.15, 0.2) is 18.2 Å². The van der Waals surface area contributed by atoms with Gasteiger partial charge in [-0.25, -0.2) is 0 Å². The van der Waals surface area contributed by atoms with Crippen LogP contribution in [0.3, 0.4) is 0 Å². The zero-order chi connectivity index (χ0) is 17.3. The number of benzene rings is 1. The Balaban J connectivity index is 1.59. The third kappa shape index (κ3) is 3.18. The van der Waals surface area contributed by atoms with E-state index < -0.39 is 0 Å². The van der Waals surface area contributed by atoms with Crippen molar-refractivity contribution in [3.05, 3.63) is 28.8 Å². The summed E-state index contributed by atoms with van der Waals surface area (Å²) in [6.07, 6.45) is 3.69. The van der Waals surface area contributed by atoms with E-state index >= 15 is 0 Å². The van der Waals surface area contributed by atoms with Crippen LogP contribution in [0.2, 0.25) is 5.02 Å². The molecule has 0 radical (unpaired) electrons. The number of imide groups is 1. The molecule has 2 atom stereocenters. The summed E-state index contributed by atoms with van der Waals surface area (Å²) in [6.45, 7) is 1.98. The molecule has 1 aromatic rings. The van der Waals surface area contributed by atoms with Gasteiger partial charge in [-0.3, -0.25) is 19.3 Å². The molecule has 0 spiro atoms. The van der Waals surface area contributed by atoms with E-state index in [4.69, 9.17) is 11.6 Å². The number of fused-ring (bicyclic) bond motifs is 1. The Morgan fingerprint density at radius 1 is 1.21 bits per heavy atom. The lowest BCUT2D eigenvalue weighted by atomic mass is 9.81. The highest BCUT2D eigenvalue weighted by Crippen LogP contribution is 2.38. The highest BCUT2D eigenvalue weighted by Gasteiger charge is 2.47. The Bertz CT molecular complexity index is 665. The van der Waals surface area contributed by atoms with Gasteiger partial charge < -0.3 is 5.32 Å². The fourth-order valence-corrected chi connectivity index (χ4v) is 3.79. The van der Waals surface area contributed by atoms with Crippen LogP contribution >= 0.6 is 11.6 Å². The highest BCUT2D eigenvalue weighted by molar-refractivity contribution is 6.31. The molecule has 2 fully saturated rings. The van der Waals surface area contributed by atoms with E-state index in [0.29, 0.717) is 10.7 Å². The number of halogens is 1. The average molecular weight is 349 g/mol. The quantitative estimate of drug-likeness (QED) is 0.850. The smallest absolute Gasteiger partial charge is 0.233 e. The molecule has 5 nitrogen and oxygen atoms in total. The number of nitrogens with one attached hydrogen (secondary N) is 1. The van der Waals surface area contributed by atoms with Gasteiger partial charge >= 0.3 is 0 Å². The Kier molecular flexibility index (Phi) is 4.90. The van der Waals surface area contributed by atoms with Crippen LogP contribution in [-0.4, -0.2) is 29.2 Å². The maximum absolute atomic E-state index is 12.4. The lowest BCUT2D eigenvalue weighted by Crippen LogP contribution is -2.34. The van der Waals surface area contributed by atoms with Crippen molar-refractivity contribution in [1.29, 1.82) is 0 Å². The Labute approximate surface area is 146 Å². The first-order chi connectivity index (χ1) is 11.5. The maximum Gasteiger partial charge on any atom is 0.233 e. The van der Waals surface area contributed by atoms with Crippen LogP contribution in [0.1, 0.15) is 37.7 Å². The molecule has 24 heavy (non-hydrogen) atoms. The Morgan fingerprint density at radius 2 is 1.83 bits per heavy atom. The number of likely N-dealkylation sites (tertiary alicyclic amines) is 1. The van der Waals surface area contributed by atoms with Gasteiger partial charge in [0, 0.05) is 23.7 Å². The van der Waals surface area contributed by atoms with E-state index in [1.807, 2.05) is 6.92 Å². The summed E-state index contributed by atoms with van der Waals surface area (Å²) < 4.78 is 0. The van der Waals surface area contributed by atoms with Gasteiger partial charge in [0.2, 0.25) is 17.7 Å². The minimum Gasteiger partial charge on any atom is -0.326 e. The number of carbonyl (C=O) groups excluding carboxylic acids is 3. The topological polar surface area (TPSA) is 66.5 Å². The fourth-order valence-electron chi connectivity index (χ4n) is 3.62. The van der Waals surface area contributed by atoms with E-state index in [2.05, 4.69) is 5.32 Å². The van der Waals surface area contributed by atoms with Crippen molar-refractivity contribution in [2.24, 2.45) is 11.8 Å². The summed E-state index contributed by atoms with van der Waals surface area (Å²) in [4.78, 5) is 38.2. The number of amides is 3. The van der Waals surface area contributed by atoms with Crippen molar-refractivity contribution < 1.29 is 14.4 Å². The zero-order valence-corrected chi connectivity index (χ0v) is 14.4. The van der Waals surface area contributed by atoms with Crippen LogP contribution in [0.5, 0.6) is 0 Å². The predicted octanol–water partition coefficient (Wildman–Crippen LogP) is 3.15. The van der Waals surface area contributed by atoms with Crippen molar-refractivity contribution in [2.75, 3.05) is 11.9 Å². The average Bonchev–Trinajstić information content (AvgIpc) is 2.82. The standard InChI is InChI=1S/C18H21ClN2O3/c1-11-14(19)7-4-8-15(11)20-16(22)9-10-21-17(23)12-5-2-3-6-13(12)18(21)24/h4,7-8,12-13H,2-3,5-6,9-10H2,1H3,(H,20,22)/t12-,13-/m0/s1. The molecule has 0 unspecified atom stereocenters. The van der Waals surface area contributed by atoms with Crippen LogP contribution in [0.25, 0.3) is 0 Å². The number of hydrogen-bond acceptors (Lipinski definition) is 3. The molecule has 1 aliphatic heterocycles. The van der Waals surface area contributed by atoms with E-state index in [0.717, 1.165) is 31.2 Å². The van der Waals surface area contributed by atoms with Crippen molar-refractivity contribution >= 4 is 35.0 Å². The molecule has 0 bridgehead atoms. The first-order valence-electron chi connectivity index (χ1n) is 8.39. The van der Waals surface area contributed by atoms with E-state index in [1.165, 1.54) is 4.90 Å². The second-order valence-electron chi connectivity index (χ2n) is 6.54. The van der Waals surface area contributed by atoms with Crippen molar-refractivity contribution in [3.63, 3.8) is 0 Å². The first-order valence-corrected chi connectivity index (χ1v) is 8.77. The van der Waals surface area contributed by atoms with Gasteiger partial charge in [0.05, 0.1) is 11.8 Å². The molecule has 1 saturated carbocycles. The number of hydrogen-bond donors (Lipinski definition) is 1. The zero-order valence-electron chi connectivity index (χ0n) is 13.7. The van der Waals surface area contributed by atoms with Crippen LogP contribution in [0, 0.1) is 18.8 Å².